The van der Waals surface area contributed by atoms with E-state index in [0.717, 1.165) is 67.0 Å². The van der Waals surface area contributed by atoms with Crippen molar-refractivity contribution in [3.05, 3.63) is 71.4 Å². The Kier molecular flexibility index (Phi) is 6.10. The van der Waals surface area contributed by atoms with Gasteiger partial charge < -0.3 is 20.2 Å². The molecular formula is C25H26N6O2. The highest BCUT2D eigenvalue weighted by Crippen LogP contribution is 2.34. The molecule has 168 valence electrons. The first kappa shape index (κ1) is 21.2. The van der Waals surface area contributed by atoms with Crippen LogP contribution in [0.5, 0.6) is 0 Å². The Morgan fingerprint density at radius 2 is 2.12 bits per heavy atom. The fraction of sp³-hybridized carbons (Fsp3) is 0.280. The summed E-state index contributed by atoms with van der Waals surface area (Å²) in [6.07, 6.45) is 10.6. The second kappa shape index (κ2) is 9.48. The second-order valence-electron chi connectivity index (χ2n) is 8.23. The highest BCUT2D eigenvalue weighted by molar-refractivity contribution is 5.79. The Labute approximate surface area is 192 Å². The number of nitrogens with one attached hydrogen (secondary N) is 2. The molecule has 0 amide bonds. The number of carbonyl (C=O) groups excluding carboxylic acids is 1. The van der Waals surface area contributed by atoms with Gasteiger partial charge in [0.05, 0.1) is 12.3 Å². The zero-order valence-corrected chi connectivity index (χ0v) is 18.5. The second-order valence-corrected chi connectivity index (χ2v) is 8.23. The van der Waals surface area contributed by atoms with Gasteiger partial charge in [-0.25, -0.2) is 15.0 Å². The summed E-state index contributed by atoms with van der Waals surface area (Å²) < 4.78 is 5.22. The van der Waals surface area contributed by atoms with E-state index in [0.29, 0.717) is 5.82 Å². The molecule has 0 aliphatic carbocycles. The molecule has 0 saturated carbocycles. The Hall–Kier alpha value is -3.62. The normalized spacial score (nSPS) is 17.1. The third-order valence-electron chi connectivity index (χ3n) is 6.10. The molecule has 8 heteroatoms. The molecular weight excluding hydrogens is 416 g/mol. The summed E-state index contributed by atoms with van der Waals surface area (Å²) in [5, 5.41) is 6.60. The van der Waals surface area contributed by atoms with E-state index in [1.165, 1.54) is 17.5 Å². The quantitative estimate of drug-likeness (QED) is 0.540. The number of pyridine rings is 1. The molecule has 2 aliphatic rings. The van der Waals surface area contributed by atoms with E-state index >= 15 is 0 Å². The predicted octanol–water partition coefficient (Wildman–Crippen LogP) is 3.10. The highest BCUT2D eigenvalue weighted by Gasteiger charge is 2.23. The maximum Gasteiger partial charge on any atom is 0.146 e. The third kappa shape index (κ3) is 4.48. The number of aromatic nitrogens is 3. The average Bonchev–Trinajstić information content (AvgIpc) is 2.87. The minimum Gasteiger partial charge on any atom is -0.383 e. The van der Waals surface area contributed by atoms with Crippen LogP contribution >= 0.6 is 0 Å². The Bertz CT molecular complexity index is 1180. The number of methoxy groups -OCH3 is 1. The summed E-state index contributed by atoms with van der Waals surface area (Å²) >= 11 is 0. The monoisotopic (exact) mass is 442 g/mol. The van der Waals surface area contributed by atoms with E-state index in [4.69, 9.17) is 9.72 Å². The van der Waals surface area contributed by atoms with E-state index < -0.39 is 6.04 Å². The SMILES string of the molecule is COCCN1CCc2cc(Nc3nc(-c4cncnc4)cc4c3C(C=O)NC=C4)ccc2C1. The van der Waals surface area contributed by atoms with Gasteiger partial charge in [0.25, 0.3) is 0 Å². The number of ether oxygens (including phenoxy) is 1. The Balaban J connectivity index is 1.48. The zero-order chi connectivity index (χ0) is 22.6. The topological polar surface area (TPSA) is 92.3 Å². The van der Waals surface area contributed by atoms with Crippen LogP contribution in [-0.2, 0) is 22.5 Å². The van der Waals surface area contributed by atoms with Gasteiger partial charge in [-0.05, 0) is 53.6 Å². The van der Waals surface area contributed by atoms with Crippen molar-refractivity contribution in [2.75, 3.05) is 32.1 Å². The van der Waals surface area contributed by atoms with Gasteiger partial charge in [-0.3, -0.25) is 4.90 Å². The maximum absolute atomic E-state index is 11.8. The van der Waals surface area contributed by atoms with Crippen LogP contribution in [0.25, 0.3) is 17.3 Å². The molecule has 3 aromatic rings. The van der Waals surface area contributed by atoms with Crippen molar-refractivity contribution in [1.29, 1.82) is 0 Å². The lowest BCUT2D eigenvalue weighted by atomic mass is 9.96. The molecule has 1 unspecified atom stereocenters. The number of fused-ring (bicyclic) bond motifs is 2. The Morgan fingerprint density at radius 3 is 2.94 bits per heavy atom. The molecule has 2 aromatic heterocycles. The maximum atomic E-state index is 11.8. The minimum atomic E-state index is -0.465. The highest BCUT2D eigenvalue weighted by atomic mass is 16.5. The van der Waals surface area contributed by atoms with Crippen LogP contribution in [0, 0.1) is 0 Å². The van der Waals surface area contributed by atoms with E-state index in [-0.39, 0.29) is 0 Å². The van der Waals surface area contributed by atoms with E-state index in [9.17, 15) is 4.79 Å². The molecule has 0 radical (unpaired) electrons. The van der Waals surface area contributed by atoms with Crippen molar-refractivity contribution < 1.29 is 9.53 Å². The smallest absolute Gasteiger partial charge is 0.146 e. The van der Waals surface area contributed by atoms with E-state index in [1.807, 2.05) is 12.1 Å². The van der Waals surface area contributed by atoms with Crippen LogP contribution in [0.2, 0.25) is 0 Å². The van der Waals surface area contributed by atoms with Crippen LogP contribution in [0.4, 0.5) is 11.5 Å². The van der Waals surface area contributed by atoms with Gasteiger partial charge in [0.2, 0.25) is 0 Å². The van der Waals surface area contributed by atoms with Gasteiger partial charge in [0.1, 0.15) is 24.5 Å². The van der Waals surface area contributed by atoms with E-state index in [2.05, 4.69) is 43.7 Å². The summed E-state index contributed by atoms with van der Waals surface area (Å²) in [6.45, 7) is 3.63. The molecule has 0 fully saturated rings. The van der Waals surface area contributed by atoms with Crippen LogP contribution in [-0.4, -0.2) is 52.9 Å². The van der Waals surface area contributed by atoms with Crippen molar-refractivity contribution in [2.24, 2.45) is 0 Å². The molecule has 1 aromatic carbocycles. The van der Waals surface area contributed by atoms with Crippen molar-refractivity contribution in [3.8, 4) is 11.3 Å². The van der Waals surface area contributed by atoms with E-state index in [1.54, 1.807) is 25.7 Å². The van der Waals surface area contributed by atoms with Crippen LogP contribution < -0.4 is 10.6 Å². The van der Waals surface area contributed by atoms with Gasteiger partial charge in [0, 0.05) is 56.0 Å². The van der Waals surface area contributed by atoms with Crippen molar-refractivity contribution >= 4 is 23.9 Å². The lowest BCUT2D eigenvalue weighted by Gasteiger charge is -2.29. The molecule has 0 spiro atoms. The van der Waals surface area contributed by atoms with Crippen molar-refractivity contribution in [1.82, 2.24) is 25.2 Å². The number of anilines is 2. The first-order chi connectivity index (χ1) is 16.2. The number of rotatable bonds is 7. The summed E-state index contributed by atoms with van der Waals surface area (Å²) in [7, 11) is 1.74. The number of aldehydes is 1. The molecule has 0 saturated heterocycles. The van der Waals surface area contributed by atoms with Gasteiger partial charge in [0.15, 0.2) is 0 Å². The largest absolute Gasteiger partial charge is 0.383 e. The molecule has 1 atom stereocenters. The first-order valence-corrected chi connectivity index (χ1v) is 11.0. The fourth-order valence-electron chi connectivity index (χ4n) is 4.38. The first-order valence-electron chi connectivity index (χ1n) is 11.0. The summed E-state index contributed by atoms with van der Waals surface area (Å²) in [4.78, 5) is 27.3. The van der Waals surface area contributed by atoms with Crippen molar-refractivity contribution in [3.63, 3.8) is 0 Å². The van der Waals surface area contributed by atoms with Crippen LogP contribution in [0.3, 0.4) is 0 Å². The van der Waals surface area contributed by atoms with Gasteiger partial charge >= 0.3 is 0 Å². The lowest BCUT2D eigenvalue weighted by molar-refractivity contribution is -0.109. The van der Waals surface area contributed by atoms with Crippen molar-refractivity contribution in [2.45, 2.75) is 19.0 Å². The Morgan fingerprint density at radius 1 is 1.24 bits per heavy atom. The van der Waals surface area contributed by atoms with Crippen LogP contribution in [0.1, 0.15) is 28.3 Å². The number of carbonyl (C=O) groups is 1. The molecule has 5 rings (SSSR count). The summed E-state index contributed by atoms with van der Waals surface area (Å²) in [6, 6.07) is 7.94. The molecule has 2 aliphatic heterocycles. The summed E-state index contributed by atoms with van der Waals surface area (Å²) in [5.41, 5.74) is 6.96. The van der Waals surface area contributed by atoms with Gasteiger partial charge in [-0.2, -0.15) is 0 Å². The number of benzene rings is 1. The third-order valence-corrected chi connectivity index (χ3v) is 6.10. The molecule has 33 heavy (non-hydrogen) atoms. The molecule has 4 heterocycles. The number of nitrogens with zero attached hydrogens (tertiary/aromatic N) is 4. The van der Waals surface area contributed by atoms with Crippen LogP contribution in [0.15, 0.2) is 49.2 Å². The van der Waals surface area contributed by atoms with Gasteiger partial charge in [-0.15, -0.1) is 0 Å². The summed E-state index contributed by atoms with van der Waals surface area (Å²) in [5.74, 6) is 0.651. The minimum absolute atomic E-state index is 0.465. The zero-order valence-electron chi connectivity index (χ0n) is 18.5. The molecule has 0 bridgehead atoms. The molecule has 2 N–H and O–H groups in total. The molecule has 8 nitrogen and oxygen atoms in total. The standard InChI is InChI=1S/C25H26N6O2/c1-33-9-8-31-7-5-17-10-21(3-2-19(17)14-31)29-25-24-18(4-6-28-23(24)15-32)11-22(30-25)20-12-26-16-27-13-20/h2-4,6,10-13,15-16,23,28H,5,7-9,14H2,1H3,(H,29,30). The lowest BCUT2D eigenvalue weighted by Crippen LogP contribution is -2.33. The average molecular weight is 443 g/mol. The van der Waals surface area contributed by atoms with Gasteiger partial charge in [-0.1, -0.05) is 6.07 Å². The fourth-order valence-corrected chi connectivity index (χ4v) is 4.38. The predicted molar refractivity (Wildman–Crippen MR) is 127 cm³/mol. The number of hydrogen-bond donors (Lipinski definition) is 2. The number of hydrogen-bond acceptors (Lipinski definition) is 8.